The fraction of sp³-hybridized carbons (Fsp3) is 0.429. The molecule has 0 atom stereocenters. The molecule has 1 saturated heterocycles. The highest BCUT2D eigenvalue weighted by Gasteiger charge is 2.28. The van der Waals surface area contributed by atoms with Crippen molar-refractivity contribution >= 4 is 11.8 Å². The van der Waals surface area contributed by atoms with Crippen LogP contribution in [0.2, 0.25) is 0 Å². The van der Waals surface area contributed by atoms with Gasteiger partial charge in [-0.2, -0.15) is 0 Å². The fourth-order valence-electron chi connectivity index (χ4n) is 4.27. The molecule has 0 aliphatic carbocycles. The number of carbonyl (C=O) groups excluding carboxylic acids is 1. The minimum Gasteiger partial charge on any atom is -0.338 e. The normalized spacial score (nSPS) is 14.5. The summed E-state index contributed by atoms with van der Waals surface area (Å²) in [6, 6.07) is 14.0. The van der Waals surface area contributed by atoms with Crippen molar-refractivity contribution in [3.05, 3.63) is 71.0 Å². The lowest BCUT2D eigenvalue weighted by Gasteiger charge is -2.33. The van der Waals surface area contributed by atoms with E-state index in [4.69, 9.17) is 4.52 Å². The summed E-state index contributed by atoms with van der Waals surface area (Å²) in [6.07, 6.45) is 0.888. The van der Waals surface area contributed by atoms with Gasteiger partial charge >= 0.3 is 0 Å². The summed E-state index contributed by atoms with van der Waals surface area (Å²) in [7, 11) is 2.11. The Bertz CT molecular complexity index is 1120. The maximum absolute atomic E-state index is 13.6. The predicted octanol–water partition coefficient (Wildman–Crippen LogP) is 5.23. The minimum atomic E-state index is -0.300. The van der Waals surface area contributed by atoms with Gasteiger partial charge in [-0.15, -0.1) is 0 Å². The van der Waals surface area contributed by atoms with Crippen LogP contribution in [0.5, 0.6) is 0 Å². The molecule has 0 saturated carbocycles. The van der Waals surface area contributed by atoms with E-state index in [9.17, 15) is 9.18 Å². The second-order valence-electron chi connectivity index (χ2n) is 9.89. The number of hydrogen-bond donors (Lipinski definition) is 0. The zero-order valence-electron chi connectivity index (χ0n) is 21.1. The quantitative estimate of drug-likeness (QED) is 0.444. The number of aromatic nitrogens is 1. The van der Waals surface area contributed by atoms with E-state index in [0.29, 0.717) is 36.1 Å². The first-order valence-electron chi connectivity index (χ1n) is 12.4. The van der Waals surface area contributed by atoms with Gasteiger partial charge in [-0.25, -0.2) is 4.39 Å². The van der Waals surface area contributed by atoms with Gasteiger partial charge in [0.2, 0.25) is 5.88 Å². The SMILES string of the molecule is Cc1ccc(C(=O)N(CCC(C)C)Cc2c(-c3ccc(F)cc3)noc2N2CCN(C)CC2)cc1. The molecule has 0 unspecified atom stereocenters. The molecule has 0 bridgehead atoms. The summed E-state index contributed by atoms with van der Waals surface area (Å²) < 4.78 is 19.5. The van der Waals surface area contributed by atoms with Gasteiger partial charge in [0.25, 0.3) is 5.91 Å². The van der Waals surface area contributed by atoms with Crippen molar-refractivity contribution in [1.29, 1.82) is 0 Å². The number of carbonyl (C=O) groups is 1. The third-order valence-electron chi connectivity index (χ3n) is 6.59. The van der Waals surface area contributed by atoms with Crippen LogP contribution in [-0.2, 0) is 6.54 Å². The van der Waals surface area contributed by atoms with Crippen molar-refractivity contribution in [3.8, 4) is 11.3 Å². The van der Waals surface area contributed by atoms with E-state index in [-0.39, 0.29) is 11.7 Å². The summed E-state index contributed by atoms with van der Waals surface area (Å²) in [6.45, 7) is 10.8. The molecule has 0 N–H and O–H groups in total. The monoisotopic (exact) mass is 478 g/mol. The molecular formula is C28H35FN4O2. The first-order chi connectivity index (χ1) is 16.8. The summed E-state index contributed by atoms with van der Waals surface area (Å²) in [5, 5.41) is 4.41. The topological polar surface area (TPSA) is 52.8 Å². The predicted molar refractivity (Wildman–Crippen MR) is 137 cm³/mol. The van der Waals surface area contributed by atoms with E-state index in [2.05, 4.69) is 35.9 Å². The molecule has 1 fully saturated rings. The Labute approximate surface area is 207 Å². The van der Waals surface area contributed by atoms with Crippen LogP contribution in [0.1, 0.15) is 41.8 Å². The van der Waals surface area contributed by atoms with E-state index >= 15 is 0 Å². The Hall–Kier alpha value is -3.19. The molecule has 1 aliphatic heterocycles. The summed E-state index contributed by atoms with van der Waals surface area (Å²) in [4.78, 5) is 20.0. The van der Waals surface area contributed by atoms with Crippen molar-refractivity contribution < 1.29 is 13.7 Å². The number of amides is 1. The number of hydrogen-bond acceptors (Lipinski definition) is 5. The molecule has 35 heavy (non-hydrogen) atoms. The molecule has 2 aromatic carbocycles. The zero-order valence-corrected chi connectivity index (χ0v) is 21.1. The van der Waals surface area contributed by atoms with Crippen molar-refractivity contribution in [3.63, 3.8) is 0 Å². The molecule has 4 rings (SSSR count). The molecule has 1 amide bonds. The van der Waals surface area contributed by atoms with Crippen LogP contribution in [0.3, 0.4) is 0 Å². The molecule has 0 radical (unpaired) electrons. The van der Waals surface area contributed by atoms with Crippen molar-refractivity contribution in [2.45, 2.75) is 33.7 Å². The third-order valence-corrected chi connectivity index (χ3v) is 6.59. The van der Waals surface area contributed by atoms with Crippen LogP contribution < -0.4 is 4.90 Å². The number of halogens is 1. The van der Waals surface area contributed by atoms with Gasteiger partial charge in [-0.05, 0) is 62.7 Å². The van der Waals surface area contributed by atoms with Gasteiger partial charge in [0.1, 0.15) is 11.5 Å². The molecule has 2 heterocycles. The Kier molecular flexibility index (Phi) is 7.86. The molecular weight excluding hydrogens is 443 g/mol. The number of anilines is 1. The van der Waals surface area contributed by atoms with E-state index in [0.717, 1.165) is 49.3 Å². The Balaban J connectivity index is 1.71. The van der Waals surface area contributed by atoms with Crippen LogP contribution in [0.4, 0.5) is 10.3 Å². The third kappa shape index (κ3) is 6.09. The average molecular weight is 479 g/mol. The smallest absolute Gasteiger partial charge is 0.254 e. The molecule has 1 aromatic heterocycles. The average Bonchev–Trinajstić information content (AvgIpc) is 3.26. The number of nitrogens with zero attached hydrogens (tertiary/aromatic N) is 4. The second kappa shape index (κ2) is 11.0. The van der Waals surface area contributed by atoms with Crippen molar-refractivity contribution in [2.75, 3.05) is 44.7 Å². The number of benzene rings is 2. The van der Waals surface area contributed by atoms with E-state index in [1.54, 1.807) is 12.1 Å². The molecule has 186 valence electrons. The highest BCUT2D eigenvalue weighted by Crippen LogP contribution is 2.33. The summed E-state index contributed by atoms with van der Waals surface area (Å²) >= 11 is 0. The van der Waals surface area contributed by atoms with E-state index in [1.165, 1.54) is 12.1 Å². The zero-order chi connectivity index (χ0) is 24.9. The van der Waals surface area contributed by atoms with Crippen molar-refractivity contribution in [2.24, 2.45) is 5.92 Å². The molecule has 1 aliphatic rings. The number of rotatable bonds is 8. The first kappa shape index (κ1) is 24.9. The number of aryl methyl sites for hydroxylation is 1. The van der Waals surface area contributed by atoms with E-state index in [1.807, 2.05) is 36.1 Å². The van der Waals surface area contributed by atoms with Crippen LogP contribution in [0.15, 0.2) is 53.1 Å². The Morgan fingerprint density at radius 1 is 1.06 bits per heavy atom. The summed E-state index contributed by atoms with van der Waals surface area (Å²) in [5.41, 5.74) is 4.08. The number of likely N-dealkylation sites (N-methyl/N-ethyl adjacent to an activating group) is 1. The maximum Gasteiger partial charge on any atom is 0.254 e. The van der Waals surface area contributed by atoms with Crippen LogP contribution in [-0.4, -0.2) is 60.6 Å². The molecule has 7 heteroatoms. The largest absolute Gasteiger partial charge is 0.338 e. The lowest BCUT2D eigenvalue weighted by molar-refractivity contribution is 0.0735. The standard InChI is InChI=1S/C28H35FN4O2/c1-20(2)13-14-33(27(34)23-7-5-21(3)6-8-23)19-25-26(22-9-11-24(29)12-10-22)30-35-28(25)32-17-15-31(4)16-18-32/h5-12,20H,13-19H2,1-4H3. The minimum absolute atomic E-state index is 0.0127. The van der Waals surface area contributed by atoms with E-state index < -0.39 is 0 Å². The van der Waals surface area contributed by atoms with Gasteiger partial charge in [-0.1, -0.05) is 36.7 Å². The second-order valence-corrected chi connectivity index (χ2v) is 9.89. The van der Waals surface area contributed by atoms with Crippen LogP contribution >= 0.6 is 0 Å². The first-order valence-corrected chi connectivity index (χ1v) is 12.4. The highest BCUT2D eigenvalue weighted by molar-refractivity contribution is 5.94. The number of piperazine rings is 1. The van der Waals surface area contributed by atoms with Gasteiger partial charge in [0, 0.05) is 43.9 Å². The van der Waals surface area contributed by atoms with Gasteiger partial charge < -0.3 is 19.2 Å². The van der Waals surface area contributed by atoms with Gasteiger partial charge in [-0.3, -0.25) is 4.79 Å². The van der Waals surface area contributed by atoms with Crippen molar-refractivity contribution in [1.82, 2.24) is 15.0 Å². The highest BCUT2D eigenvalue weighted by atomic mass is 19.1. The molecule has 0 spiro atoms. The molecule has 6 nitrogen and oxygen atoms in total. The van der Waals surface area contributed by atoms with Gasteiger partial charge in [0.05, 0.1) is 12.1 Å². The molecule has 3 aromatic rings. The lowest BCUT2D eigenvalue weighted by atomic mass is 10.0. The van der Waals surface area contributed by atoms with Crippen LogP contribution in [0.25, 0.3) is 11.3 Å². The lowest BCUT2D eigenvalue weighted by Crippen LogP contribution is -2.45. The Morgan fingerprint density at radius 3 is 2.34 bits per heavy atom. The summed E-state index contributed by atoms with van der Waals surface area (Å²) in [5.74, 6) is 0.843. The van der Waals surface area contributed by atoms with Crippen LogP contribution in [0, 0.1) is 18.7 Å². The van der Waals surface area contributed by atoms with Gasteiger partial charge in [0.15, 0.2) is 0 Å². The Morgan fingerprint density at radius 2 is 1.71 bits per heavy atom. The maximum atomic E-state index is 13.6. The fourth-order valence-corrected chi connectivity index (χ4v) is 4.27.